The lowest BCUT2D eigenvalue weighted by atomic mass is 10.1. The lowest BCUT2D eigenvalue weighted by Crippen LogP contribution is -2.48. The summed E-state index contributed by atoms with van der Waals surface area (Å²) in [6.45, 7) is -1.28. The number of benzene rings is 3. The number of aliphatic carboxylic acids is 1. The van der Waals surface area contributed by atoms with Crippen molar-refractivity contribution in [1.29, 1.82) is 0 Å². The number of carboxylic acids is 2. The van der Waals surface area contributed by atoms with Gasteiger partial charge >= 0.3 is 42.1 Å². The molecule has 48 heavy (non-hydrogen) atoms. The summed E-state index contributed by atoms with van der Waals surface area (Å²) < 4.78 is 52.6. The second-order valence-corrected chi connectivity index (χ2v) is 9.63. The maximum absolute atomic E-state index is 13.2. The van der Waals surface area contributed by atoms with Gasteiger partial charge in [0.25, 0.3) is 0 Å². The van der Waals surface area contributed by atoms with Gasteiger partial charge in [-0.15, -0.1) is 0 Å². The van der Waals surface area contributed by atoms with Crippen LogP contribution in [0.4, 0.5) is 23.7 Å². The summed E-state index contributed by atoms with van der Waals surface area (Å²) in [5, 5.41) is 18.6. The van der Waals surface area contributed by atoms with E-state index in [4.69, 9.17) is 20.9 Å². The number of amides is 1. The molecule has 3 rings (SSSR count). The monoisotopic (exact) mass is 674 g/mol. The molecule has 1 atom stereocenters. The van der Waals surface area contributed by atoms with Crippen LogP contribution in [0.5, 0.6) is 5.75 Å². The Bertz CT molecular complexity index is 1720. The average molecular weight is 675 g/mol. The van der Waals surface area contributed by atoms with Gasteiger partial charge in [-0.1, -0.05) is 24.3 Å². The third kappa shape index (κ3) is 10.6. The lowest BCUT2D eigenvalue weighted by molar-refractivity contribution is -0.203. The maximum atomic E-state index is 13.2. The number of carbonyl (C=O) groups is 6. The van der Waals surface area contributed by atoms with Crippen molar-refractivity contribution in [3.05, 3.63) is 95.1 Å². The summed E-state index contributed by atoms with van der Waals surface area (Å²) >= 11 is 0. The van der Waals surface area contributed by atoms with Gasteiger partial charge in [0.2, 0.25) is 0 Å². The molecule has 1 amide bonds. The Hall–Kier alpha value is -6.46. The van der Waals surface area contributed by atoms with Crippen LogP contribution in [0, 0.1) is 0 Å². The topological polar surface area (TPSA) is 238 Å². The van der Waals surface area contributed by atoms with Gasteiger partial charge in [0.1, 0.15) is 18.4 Å². The standard InChI is InChI=1S/C30H25F3N4O11/c31-30(32,33)27(44)48-26(43)22(13-23(38)39)37(14-17-2-1-3-19(12-17)24(40)41)29(45)46-15-16-4-10-21(11-5-16)47-25(42)18-6-8-20(9-7-18)36-28(34)35/h1-12,22H,13-15H2,(H,38,39)(H,40,41)(H4,34,35,36)/t22-/m0/s1. The Morgan fingerprint density at radius 3 is 2.06 bits per heavy atom. The summed E-state index contributed by atoms with van der Waals surface area (Å²) in [7, 11) is 0. The van der Waals surface area contributed by atoms with Gasteiger partial charge in [0.05, 0.1) is 23.2 Å². The van der Waals surface area contributed by atoms with E-state index in [1.807, 2.05) is 0 Å². The largest absolute Gasteiger partial charge is 0.491 e. The number of hydrogen-bond acceptors (Lipinski definition) is 10. The number of nitrogens with two attached hydrogens (primary N) is 2. The van der Waals surface area contributed by atoms with Gasteiger partial charge in [-0.25, -0.2) is 29.0 Å². The number of rotatable bonds is 12. The van der Waals surface area contributed by atoms with E-state index in [0.29, 0.717) is 10.6 Å². The van der Waals surface area contributed by atoms with Crippen LogP contribution in [-0.4, -0.2) is 69.2 Å². The molecule has 0 saturated carbocycles. The van der Waals surface area contributed by atoms with Crippen LogP contribution in [0.15, 0.2) is 77.8 Å². The first-order valence-electron chi connectivity index (χ1n) is 13.3. The lowest BCUT2D eigenvalue weighted by Gasteiger charge is -2.28. The van der Waals surface area contributed by atoms with E-state index < -0.39 is 67.7 Å². The van der Waals surface area contributed by atoms with E-state index in [2.05, 4.69) is 9.73 Å². The SMILES string of the molecule is NC(N)=Nc1ccc(C(=O)Oc2ccc(COC(=O)N(Cc3cccc(C(=O)O)c3)[C@@H](CC(=O)O)C(=O)OC(=O)C(F)(F)F)cc2)cc1. The molecule has 18 heteroatoms. The highest BCUT2D eigenvalue weighted by molar-refractivity contribution is 5.94. The number of hydrogen-bond donors (Lipinski definition) is 4. The van der Waals surface area contributed by atoms with Crippen molar-refractivity contribution in [2.45, 2.75) is 31.8 Å². The Kier molecular flexibility index (Phi) is 11.8. The third-order valence-electron chi connectivity index (χ3n) is 6.06. The first-order valence-corrected chi connectivity index (χ1v) is 13.3. The van der Waals surface area contributed by atoms with Crippen LogP contribution in [0.2, 0.25) is 0 Å². The molecule has 0 heterocycles. The molecular formula is C30H25F3N4O11. The van der Waals surface area contributed by atoms with Gasteiger partial charge in [-0.3, -0.25) is 9.69 Å². The summed E-state index contributed by atoms with van der Waals surface area (Å²) in [6.07, 6.45) is -8.36. The molecule has 0 unspecified atom stereocenters. The Balaban J connectivity index is 1.78. The quantitative estimate of drug-likeness (QED) is 0.0711. The first-order chi connectivity index (χ1) is 22.5. The molecule has 0 bridgehead atoms. The van der Waals surface area contributed by atoms with E-state index in [1.165, 1.54) is 66.7 Å². The van der Waals surface area contributed by atoms with Crippen molar-refractivity contribution in [2.24, 2.45) is 16.5 Å². The van der Waals surface area contributed by atoms with E-state index in [1.54, 1.807) is 0 Å². The zero-order valence-corrected chi connectivity index (χ0v) is 24.4. The molecule has 0 radical (unpaired) electrons. The fourth-order valence-corrected chi connectivity index (χ4v) is 3.87. The van der Waals surface area contributed by atoms with Gasteiger partial charge in [-0.2, -0.15) is 13.2 Å². The van der Waals surface area contributed by atoms with E-state index in [9.17, 15) is 52.2 Å². The van der Waals surface area contributed by atoms with Crippen LogP contribution in [0.1, 0.15) is 38.3 Å². The van der Waals surface area contributed by atoms with E-state index in [-0.39, 0.29) is 34.0 Å². The molecule has 15 nitrogen and oxygen atoms in total. The fraction of sp³-hybridized carbons (Fsp3) is 0.167. The minimum Gasteiger partial charge on any atom is -0.481 e. The highest BCUT2D eigenvalue weighted by Gasteiger charge is 2.45. The molecular weight excluding hydrogens is 649 g/mol. The summed E-state index contributed by atoms with van der Waals surface area (Å²) in [6, 6.07) is 13.7. The van der Waals surface area contributed by atoms with Crippen LogP contribution < -0.4 is 16.2 Å². The van der Waals surface area contributed by atoms with Crippen LogP contribution in [0.25, 0.3) is 0 Å². The molecule has 3 aromatic rings. The number of carboxylic acid groups (broad SMARTS) is 2. The molecule has 3 aromatic carbocycles. The Morgan fingerprint density at radius 2 is 1.50 bits per heavy atom. The fourth-order valence-electron chi connectivity index (χ4n) is 3.87. The summed E-state index contributed by atoms with van der Waals surface area (Å²) in [5.74, 6) is -8.93. The summed E-state index contributed by atoms with van der Waals surface area (Å²) in [4.78, 5) is 76.7. The van der Waals surface area contributed by atoms with E-state index >= 15 is 0 Å². The van der Waals surface area contributed by atoms with Crippen molar-refractivity contribution in [3.8, 4) is 5.75 Å². The van der Waals surface area contributed by atoms with Crippen molar-refractivity contribution in [3.63, 3.8) is 0 Å². The normalized spacial score (nSPS) is 11.4. The maximum Gasteiger partial charge on any atom is 0.491 e. The Morgan fingerprint density at radius 1 is 0.854 bits per heavy atom. The first kappa shape index (κ1) is 36.0. The van der Waals surface area contributed by atoms with Crippen molar-refractivity contribution < 1.29 is 66.4 Å². The van der Waals surface area contributed by atoms with Crippen molar-refractivity contribution in [2.75, 3.05) is 0 Å². The molecule has 0 aliphatic heterocycles. The zero-order chi connectivity index (χ0) is 35.6. The van der Waals surface area contributed by atoms with Gasteiger partial charge < -0.3 is 35.9 Å². The molecule has 0 aromatic heterocycles. The molecule has 0 fully saturated rings. The molecule has 0 spiro atoms. The number of guanidine groups is 1. The van der Waals surface area contributed by atoms with Crippen molar-refractivity contribution in [1.82, 2.24) is 4.90 Å². The molecule has 0 aliphatic rings. The summed E-state index contributed by atoms with van der Waals surface area (Å²) in [5.41, 5.74) is 11.2. The minimum absolute atomic E-state index is 0.00855. The number of aromatic carboxylic acids is 1. The smallest absolute Gasteiger partial charge is 0.481 e. The van der Waals surface area contributed by atoms with Crippen molar-refractivity contribution >= 4 is 47.6 Å². The van der Waals surface area contributed by atoms with Gasteiger partial charge in [0.15, 0.2) is 5.96 Å². The zero-order valence-electron chi connectivity index (χ0n) is 24.4. The van der Waals surface area contributed by atoms with Crippen LogP contribution >= 0.6 is 0 Å². The number of ether oxygens (including phenoxy) is 3. The van der Waals surface area contributed by atoms with Crippen LogP contribution in [0.3, 0.4) is 0 Å². The Labute approximate surface area is 268 Å². The number of carbonyl (C=O) groups excluding carboxylic acids is 4. The van der Waals surface area contributed by atoms with Gasteiger partial charge in [0, 0.05) is 6.54 Å². The average Bonchev–Trinajstić information content (AvgIpc) is 3.01. The number of halogens is 3. The second kappa shape index (κ2) is 15.7. The molecule has 6 N–H and O–H groups in total. The molecule has 0 saturated heterocycles. The number of alkyl halides is 3. The predicted octanol–water partition coefficient (Wildman–Crippen LogP) is 3.12. The van der Waals surface area contributed by atoms with Crippen LogP contribution in [-0.2, 0) is 37.0 Å². The second-order valence-electron chi connectivity index (χ2n) is 9.63. The van der Waals surface area contributed by atoms with Gasteiger partial charge in [-0.05, 0) is 59.7 Å². The highest BCUT2D eigenvalue weighted by atomic mass is 19.4. The molecule has 252 valence electrons. The predicted molar refractivity (Wildman–Crippen MR) is 156 cm³/mol. The number of nitrogens with zero attached hydrogens (tertiary/aromatic N) is 2. The number of aliphatic imine (C=N–C) groups is 1. The third-order valence-corrected chi connectivity index (χ3v) is 6.06. The minimum atomic E-state index is -5.62. The number of esters is 3. The highest BCUT2D eigenvalue weighted by Crippen LogP contribution is 2.22. The molecule has 0 aliphatic carbocycles. The van der Waals surface area contributed by atoms with E-state index in [0.717, 1.165) is 6.07 Å².